The number of thioether (sulfide) groups is 1. The Morgan fingerprint density at radius 3 is 2.39 bits per heavy atom. The Bertz CT molecular complexity index is 697. The van der Waals surface area contributed by atoms with Crippen molar-refractivity contribution in [3.63, 3.8) is 0 Å². The predicted molar refractivity (Wildman–Crippen MR) is 97.0 cm³/mol. The number of rotatable bonds is 5. The van der Waals surface area contributed by atoms with Crippen molar-refractivity contribution in [1.29, 1.82) is 0 Å². The van der Waals surface area contributed by atoms with Crippen LogP contribution in [-0.2, 0) is 4.79 Å². The lowest BCUT2D eigenvalue weighted by Gasteiger charge is -2.45. The maximum atomic E-state index is 12.4. The van der Waals surface area contributed by atoms with Crippen LogP contribution in [0, 0.1) is 0 Å². The van der Waals surface area contributed by atoms with Crippen LogP contribution in [0.5, 0.6) is 5.75 Å². The minimum Gasteiger partial charge on any atom is -0.497 e. The van der Waals surface area contributed by atoms with Gasteiger partial charge in [-0.15, -0.1) is 11.8 Å². The fourth-order valence-electron chi connectivity index (χ4n) is 2.73. The number of anilines is 1. The van der Waals surface area contributed by atoms with Crippen LogP contribution in [0.1, 0.15) is 5.56 Å². The van der Waals surface area contributed by atoms with Crippen LogP contribution in [0.15, 0.2) is 60.7 Å². The van der Waals surface area contributed by atoms with Gasteiger partial charge in [-0.05, 0) is 36.1 Å². The molecule has 0 aliphatic carbocycles. The van der Waals surface area contributed by atoms with Gasteiger partial charge < -0.3 is 9.64 Å². The quantitative estimate of drug-likeness (QED) is 0.782. The normalized spacial score (nSPS) is 20.6. The van der Waals surface area contributed by atoms with Gasteiger partial charge in [-0.3, -0.25) is 4.79 Å². The van der Waals surface area contributed by atoms with E-state index in [2.05, 4.69) is 24.3 Å². The topological polar surface area (TPSA) is 29.5 Å². The maximum absolute atomic E-state index is 12.4. The molecule has 3 nitrogen and oxygen atoms in total. The first-order valence-corrected chi connectivity index (χ1v) is 8.76. The Labute approximate surface area is 141 Å². The molecule has 0 N–H and O–H groups in total. The van der Waals surface area contributed by atoms with Crippen LogP contribution in [0.2, 0.25) is 0 Å². The molecule has 2 aromatic carbocycles. The van der Waals surface area contributed by atoms with Crippen LogP contribution < -0.4 is 9.64 Å². The van der Waals surface area contributed by atoms with E-state index < -0.39 is 0 Å². The zero-order valence-corrected chi connectivity index (χ0v) is 14.0. The SMILES string of the molecule is COc1ccc(N2C(=O)[C@H](SC)[C@H]2/C=C/c2ccccc2)cc1. The summed E-state index contributed by atoms with van der Waals surface area (Å²) < 4.78 is 5.18. The second kappa shape index (κ2) is 6.92. The van der Waals surface area contributed by atoms with Gasteiger partial charge in [-0.2, -0.15) is 0 Å². The number of hydrogen-bond donors (Lipinski definition) is 0. The van der Waals surface area contributed by atoms with Crippen molar-refractivity contribution in [3.8, 4) is 5.75 Å². The molecule has 0 aromatic heterocycles. The Morgan fingerprint density at radius 1 is 1.09 bits per heavy atom. The van der Waals surface area contributed by atoms with E-state index >= 15 is 0 Å². The first-order chi connectivity index (χ1) is 11.2. The Kier molecular flexibility index (Phi) is 4.72. The Balaban J connectivity index is 1.83. The van der Waals surface area contributed by atoms with E-state index in [-0.39, 0.29) is 17.2 Å². The van der Waals surface area contributed by atoms with E-state index in [1.54, 1.807) is 18.9 Å². The smallest absolute Gasteiger partial charge is 0.243 e. The van der Waals surface area contributed by atoms with Crippen LogP contribution >= 0.6 is 11.8 Å². The summed E-state index contributed by atoms with van der Waals surface area (Å²) in [6, 6.07) is 17.8. The van der Waals surface area contributed by atoms with E-state index in [4.69, 9.17) is 4.74 Å². The van der Waals surface area contributed by atoms with Gasteiger partial charge in [-0.1, -0.05) is 42.5 Å². The van der Waals surface area contributed by atoms with Crippen molar-refractivity contribution in [3.05, 3.63) is 66.2 Å². The van der Waals surface area contributed by atoms with Gasteiger partial charge in [0.05, 0.1) is 13.2 Å². The van der Waals surface area contributed by atoms with Crippen molar-refractivity contribution in [2.24, 2.45) is 0 Å². The highest BCUT2D eigenvalue weighted by Crippen LogP contribution is 2.36. The van der Waals surface area contributed by atoms with E-state index in [0.29, 0.717) is 0 Å². The molecule has 2 atom stereocenters. The zero-order valence-electron chi connectivity index (χ0n) is 13.2. The van der Waals surface area contributed by atoms with E-state index in [9.17, 15) is 4.79 Å². The average molecular weight is 325 g/mol. The van der Waals surface area contributed by atoms with Crippen LogP contribution in [-0.4, -0.2) is 30.6 Å². The lowest BCUT2D eigenvalue weighted by atomic mass is 9.98. The van der Waals surface area contributed by atoms with Gasteiger partial charge in [0.2, 0.25) is 5.91 Å². The van der Waals surface area contributed by atoms with Crippen LogP contribution in [0.25, 0.3) is 6.08 Å². The molecule has 118 valence electrons. The van der Waals surface area contributed by atoms with Crippen molar-refractivity contribution >= 4 is 29.4 Å². The zero-order chi connectivity index (χ0) is 16.2. The highest BCUT2D eigenvalue weighted by molar-refractivity contribution is 8.00. The summed E-state index contributed by atoms with van der Waals surface area (Å²) in [5, 5.41) is -0.0166. The molecule has 0 radical (unpaired) electrons. The average Bonchev–Trinajstić information content (AvgIpc) is 2.60. The fraction of sp³-hybridized carbons (Fsp3) is 0.211. The summed E-state index contributed by atoms with van der Waals surface area (Å²) in [6.07, 6.45) is 6.18. The lowest BCUT2D eigenvalue weighted by molar-refractivity contribution is -0.122. The molecule has 1 amide bonds. The van der Waals surface area contributed by atoms with Crippen LogP contribution in [0.4, 0.5) is 5.69 Å². The number of amides is 1. The Hall–Kier alpha value is -2.20. The lowest BCUT2D eigenvalue weighted by Crippen LogP contribution is -2.62. The van der Waals surface area contributed by atoms with Crippen molar-refractivity contribution in [2.45, 2.75) is 11.3 Å². The molecule has 1 saturated heterocycles. The largest absolute Gasteiger partial charge is 0.497 e. The minimum absolute atomic E-state index is 0.0166. The molecular weight excluding hydrogens is 306 g/mol. The molecule has 2 aromatic rings. The highest BCUT2D eigenvalue weighted by Gasteiger charge is 2.46. The van der Waals surface area contributed by atoms with Gasteiger partial charge in [0, 0.05) is 5.69 Å². The van der Waals surface area contributed by atoms with Gasteiger partial charge >= 0.3 is 0 Å². The molecule has 0 saturated carbocycles. The summed E-state index contributed by atoms with van der Waals surface area (Å²) in [4.78, 5) is 14.3. The Morgan fingerprint density at radius 2 is 1.78 bits per heavy atom. The standard InChI is InChI=1S/C19H19NO2S/c1-22-16-11-9-15(10-12-16)20-17(18(23-2)19(20)21)13-8-14-6-4-3-5-7-14/h3-13,17-18H,1-2H3/b13-8+/t17-,18-/m1/s1. The van der Waals surface area contributed by atoms with E-state index in [0.717, 1.165) is 17.0 Å². The number of carbonyl (C=O) groups is 1. The maximum Gasteiger partial charge on any atom is 0.243 e. The minimum atomic E-state index is -0.0166. The number of benzene rings is 2. The number of methoxy groups -OCH3 is 1. The van der Waals surface area contributed by atoms with Crippen molar-refractivity contribution in [1.82, 2.24) is 0 Å². The summed E-state index contributed by atoms with van der Waals surface area (Å²) >= 11 is 1.60. The molecule has 1 aliphatic heterocycles. The third-order valence-corrected chi connectivity index (χ3v) is 4.97. The first-order valence-electron chi connectivity index (χ1n) is 7.48. The van der Waals surface area contributed by atoms with Gasteiger partial charge in [0.1, 0.15) is 11.0 Å². The number of hydrogen-bond acceptors (Lipinski definition) is 3. The number of carbonyl (C=O) groups excluding carboxylic acids is 1. The molecule has 23 heavy (non-hydrogen) atoms. The summed E-state index contributed by atoms with van der Waals surface area (Å²) in [7, 11) is 1.64. The molecule has 0 bridgehead atoms. The second-order valence-electron chi connectivity index (χ2n) is 5.32. The number of ether oxygens (including phenoxy) is 1. The third kappa shape index (κ3) is 3.13. The monoisotopic (exact) mass is 325 g/mol. The molecule has 0 spiro atoms. The van der Waals surface area contributed by atoms with Crippen molar-refractivity contribution in [2.75, 3.05) is 18.3 Å². The van der Waals surface area contributed by atoms with Gasteiger partial charge in [0.15, 0.2) is 0 Å². The molecule has 4 heteroatoms. The summed E-state index contributed by atoms with van der Waals surface area (Å²) in [6.45, 7) is 0. The summed E-state index contributed by atoms with van der Waals surface area (Å²) in [5.74, 6) is 0.949. The number of nitrogens with zero attached hydrogens (tertiary/aromatic N) is 1. The van der Waals surface area contributed by atoms with Gasteiger partial charge in [-0.25, -0.2) is 0 Å². The number of β-lactam (4-membered cyclic amide) rings is 1. The second-order valence-corrected chi connectivity index (χ2v) is 6.30. The molecule has 0 unspecified atom stereocenters. The molecule has 1 heterocycles. The molecule has 1 aliphatic rings. The fourth-order valence-corrected chi connectivity index (χ4v) is 3.53. The van der Waals surface area contributed by atoms with Crippen LogP contribution in [0.3, 0.4) is 0 Å². The van der Waals surface area contributed by atoms with E-state index in [1.807, 2.05) is 53.6 Å². The highest BCUT2D eigenvalue weighted by atomic mass is 32.2. The van der Waals surface area contributed by atoms with Gasteiger partial charge in [0.25, 0.3) is 0 Å². The first kappa shape index (κ1) is 15.7. The predicted octanol–water partition coefficient (Wildman–Crippen LogP) is 3.86. The van der Waals surface area contributed by atoms with E-state index in [1.165, 1.54) is 0 Å². The summed E-state index contributed by atoms with van der Waals surface area (Å²) in [5.41, 5.74) is 2.05. The molecule has 3 rings (SSSR count). The third-order valence-electron chi connectivity index (χ3n) is 3.98. The van der Waals surface area contributed by atoms with Crippen molar-refractivity contribution < 1.29 is 9.53 Å². The molecule has 1 fully saturated rings. The molecular formula is C19H19NO2S.